The monoisotopic (exact) mass is 286 g/mol. The molecule has 0 unspecified atom stereocenters. The van der Waals surface area contributed by atoms with Gasteiger partial charge in [0, 0.05) is 30.3 Å². The molecule has 8 nitrogen and oxygen atoms in total. The first kappa shape index (κ1) is 12.6. The van der Waals surface area contributed by atoms with E-state index in [4.69, 9.17) is 0 Å². The predicted octanol–water partition coefficient (Wildman–Crippen LogP) is 0.561. The third-order valence-electron chi connectivity index (χ3n) is 1.92. The zero-order valence-corrected chi connectivity index (χ0v) is 11.0. The van der Waals surface area contributed by atoms with Crippen molar-refractivity contribution in [3.05, 3.63) is 18.3 Å². The molecular weight excluding hydrogens is 276 g/mol. The smallest absolute Gasteiger partial charge is 0.263 e. The second kappa shape index (κ2) is 5.23. The molecule has 2 rings (SSSR count). The lowest BCUT2D eigenvalue weighted by Crippen LogP contribution is -2.13. The van der Waals surface area contributed by atoms with Crippen molar-refractivity contribution in [1.29, 1.82) is 0 Å². The molecule has 0 radical (unpaired) electrons. The van der Waals surface area contributed by atoms with E-state index in [2.05, 4.69) is 29.8 Å². The molecule has 0 aliphatic heterocycles. The van der Waals surface area contributed by atoms with E-state index in [0.29, 0.717) is 12.4 Å². The summed E-state index contributed by atoms with van der Waals surface area (Å²) in [4.78, 5) is 4.10. The molecule has 0 saturated heterocycles. The Hall–Kier alpha value is -1.81. The SMILES string of the molecule is CCNc1cc(S(=O)(=O)Nc2nnns2)ccn1. The minimum atomic E-state index is -3.69. The lowest BCUT2D eigenvalue weighted by atomic mass is 10.4. The molecule has 2 heterocycles. The number of pyridine rings is 1. The molecule has 0 atom stereocenters. The zero-order valence-electron chi connectivity index (χ0n) is 9.36. The van der Waals surface area contributed by atoms with Crippen molar-refractivity contribution in [3.63, 3.8) is 0 Å². The maximum Gasteiger partial charge on any atom is 0.263 e. The Morgan fingerprint density at radius 1 is 1.44 bits per heavy atom. The number of hydrogen-bond donors (Lipinski definition) is 2. The van der Waals surface area contributed by atoms with Crippen molar-refractivity contribution in [3.8, 4) is 0 Å². The fraction of sp³-hybridized carbons (Fsp3) is 0.250. The van der Waals surface area contributed by atoms with Crippen molar-refractivity contribution in [2.45, 2.75) is 11.8 Å². The molecule has 0 bridgehead atoms. The van der Waals surface area contributed by atoms with Crippen LogP contribution in [0.4, 0.5) is 10.9 Å². The van der Waals surface area contributed by atoms with Gasteiger partial charge in [-0.05, 0) is 18.2 Å². The number of rotatable bonds is 5. The van der Waals surface area contributed by atoms with Crippen molar-refractivity contribution in [2.24, 2.45) is 0 Å². The van der Waals surface area contributed by atoms with Crippen molar-refractivity contribution in [2.75, 3.05) is 16.6 Å². The molecule has 0 aromatic carbocycles. The van der Waals surface area contributed by atoms with Crippen LogP contribution in [0.25, 0.3) is 0 Å². The Balaban J connectivity index is 2.26. The van der Waals surface area contributed by atoms with Crippen LogP contribution in [-0.4, -0.2) is 34.7 Å². The highest BCUT2D eigenvalue weighted by atomic mass is 32.2. The Labute approximate surface area is 108 Å². The van der Waals surface area contributed by atoms with Gasteiger partial charge in [-0.15, -0.1) is 0 Å². The molecule has 96 valence electrons. The van der Waals surface area contributed by atoms with Crippen molar-refractivity contribution < 1.29 is 8.42 Å². The Morgan fingerprint density at radius 3 is 2.94 bits per heavy atom. The van der Waals surface area contributed by atoms with E-state index >= 15 is 0 Å². The summed E-state index contributed by atoms with van der Waals surface area (Å²) in [7, 11) is -3.69. The largest absolute Gasteiger partial charge is 0.370 e. The van der Waals surface area contributed by atoms with E-state index in [1.807, 2.05) is 6.92 Å². The van der Waals surface area contributed by atoms with Crippen LogP contribution in [0.3, 0.4) is 0 Å². The van der Waals surface area contributed by atoms with E-state index in [9.17, 15) is 8.42 Å². The second-order valence-corrected chi connectivity index (χ2v) is 5.60. The maximum atomic E-state index is 12.0. The van der Waals surface area contributed by atoms with Crippen molar-refractivity contribution in [1.82, 2.24) is 19.8 Å². The quantitative estimate of drug-likeness (QED) is 0.826. The van der Waals surface area contributed by atoms with Gasteiger partial charge in [0.25, 0.3) is 10.0 Å². The summed E-state index contributed by atoms with van der Waals surface area (Å²) < 4.78 is 29.8. The van der Waals surface area contributed by atoms with Gasteiger partial charge >= 0.3 is 0 Å². The lowest BCUT2D eigenvalue weighted by molar-refractivity contribution is 0.601. The summed E-state index contributed by atoms with van der Waals surface area (Å²) in [6.07, 6.45) is 1.42. The summed E-state index contributed by atoms with van der Waals surface area (Å²) in [5.41, 5.74) is 0. The second-order valence-electron chi connectivity index (χ2n) is 3.18. The van der Waals surface area contributed by atoms with Gasteiger partial charge in [-0.2, -0.15) is 0 Å². The highest BCUT2D eigenvalue weighted by Gasteiger charge is 2.16. The molecule has 2 aromatic rings. The minimum Gasteiger partial charge on any atom is -0.370 e. The molecular formula is C8H10N6O2S2. The number of nitrogens with one attached hydrogen (secondary N) is 2. The fourth-order valence-electron chi connectivity index (χ4n) is 1.20. The Morgan fingerprint density at radius 2 is 2.28 bits per heavy atom. The highest BCUT2D eigenvalue weighted by Crippen LogP contribution is 2.17. The summed E-state index contributed by atoms with van der Waals surface area (Å²) in [5.74, 6) is 0.496. The number of hydrogen-bond acceptors (Lipinski definition) is 8. The van der Waals surface area contributed by atoms with E-state index in [1.165, 1.54) is 18.3 Å². The molecule has 10 heteroatoms. The molecule has 0 fully saturated rings. The first-order chi connectivity index (χ1) is 8.62. The van der Waals surface area contributed by atoms with Gasteiger partial charge in [-0.3, -0.25) is 4.72 Å². The van der Waals surface area contributed by atoms with E-state index < -0.39 is 10.0 Å². The molecule has 0 saturated carbocycles. The highest BCUT2D eigenvalue weighted by molar-refractivity contribution is 7.93. The summed E-state index contributed by atoms with van der Waals surface area (Å²) in [5, 5.41) is 9.90. The summed E-state index contributed by atoms with van der Waals surface area (Å²) in [6, 6.07) is 2.85. The Bertz CT molecular complexity index is 612. The molecule has 2 aromatic heterocycles. The number of anilines is 2. The first-order valence-electron chi connectivity index (χ1n) is 4.99. The van der Waals surface area contributed by atoms with Gasteiger partial charge in [-0.1, -0.05) is 9.59 Å². The first-order valence-corrected chi connectivity index (χ1v) is 7.25. The van der Waals surface area contributed by atoms with Gasteiger partial charge in [-0.25, -0.2) is 13.4 Å². The minimum absolute atomic E-state index is 0.101. The molecule has 0 aliphatic carbocycles. The number of aromatic nitrogens is 4. The normalized spacial score (nSPS) is 11.2. The topological polar surface area (TPSA) is 110 Å². The van der Waals surface area contributed by atoms with Crippen LogP contribution in [0, 0.1) is 0 Å². The van der Waals surface area contributed by atoms with Gasteiger partial charge in [0.05, 0.1) is 4.90 Å². The average molecular weight is 286 g/mol. The van der Waals surface area contributed by atoms with Gasteiger partial charge in [0.2, 0.25) is 5.13 Å². The average Bonchev–Trinajstić information content (AvgIpc) is 2.82. The van der Waals surface area contributed by atoms with Crippen LogP contribution in [0.1, 0.15) is 6.92 Å². The van der Waals surface area contributed by atoms with Crippen LogP contribution in [0.2, 0.25) is 0 Å². The summed E-state index contributed by atoms with van der Waals surface area (Å²) in [6.45, 7) is 2.55. The number of sulfonamides is 1. The van der Waals surface area contributed by atoms with E-state index in [-0.39, 0.29) is 10.0 Å². The van der Waals surface area contributed by atoms with Crippen LogP contribution in [0.5, 0.6) is 0 Å². The standard InChI is InChI=1S/C8H10N6O2S2/c1-2-9-7-5-6(3-4-10-7)18(15,16)12-8-11-13-14-17-8/h3-5H,2H2,1H3,(H,9,10)(H,11,12,14). The number of nitrogens with zero attached hydrogens (tertiary/aromatic N) is 4. The van der Waals surface area contributed by atoms with Gasteiger partial charge in [0.15, 0.2) is 0 Å². The molecule has 0 amide bonds. The van der Waals surface area contributed by atoms with Crippen molar-refractivity contribution >= 4 is 32.5 Å². The van der Waals surface area contributed by atoms with Crippen LogP contribution in [-0.2, 0) is 10.0 Å². The third kappa shape index (κ3) is 2.90. The molecule has 18 heavy (non-hydrogen) atoms. The molecule has 0 spiro atoms. The zero-order chi connectivity index (χ0) is 13.0. The molecule has 0 aliphatic rings. The predicted molar refractivity (Wildman–Crippen MR) is 66.9 cm³/mol. The van der Waals surface area contributed by atoms with Crippen LogP contribution < -0.4 is 10.0 Å². The van der Waals surface area contributed by atoms with E-state index in [1.54, 1.807) is 0 Å². The van der Waals surface area contributed by atoms with Crippen LogP contribution in [0.15, 0.2) is 23.2 Å². The van der Waals surface area contributed by atoms with Gasteiger partial charge in [0.1, 0.15) is 5.82 Å². The van der Waals surface area contributed by atoms with Crippen LogP contribution >= 0.6 is 11.5 Å². The Kier molecular flexibility index (Phi) is 3.67. The molecule has 2 N–H and O–H groups in total. The van der Waals surface area contributed by atoms with E-state index in [0.717, 1.165) is 11.5 Å². The lowest BCUT2D eigenvalue weighted by Gasteiger charge is -2.06. The fourth-order valence-corrected chi connectivity index (χ4v) is 2.80. The third-order valence-corrected chi connectivity index (χ3v) is 3.90. The maximum absolute atomic E-state index is 12.0. The summed E-state index contributed by atoms with van der Waals surface area (Å²) >= 11 is 0.865. The van der Waals surface area contributed by atoms with Gasteiger partial charge < -0.3 is 5.32 Å².